The second kappa shape index (κ2) is 10.8. The molecule has 2 amide bonds. The number of carbonyl (C=O) groups excluding carboxylic acids is 2. The summed E-state index contributed by atoms with van der Waals surface area (Å²) >= 11 is 6.35. The summed E-state index contributed by atoms with van der Waals surface area (Å²) in [6, 6.07) is 3.83. The molecule has 0 saturated carbocycles. The molecule has 14 heteroatoms. The van der Waals surface area contributed by atoms with E-state index in [2.05, 4.69) is 15.3 Å². The lowest BCUT2D eigenvalue weighted by atomic mass is 10.0. The van der Waals surface area contributed by atoms with Gasteiger partial charge in [-0.1, -0.05) is 11.6 Å². The minimum absolute atomic E-state index is 0.00630. The van der Waals surface area contributed by atoms with Crippen LogP contribution in [0.5, 0.6) is 5.75 Å². The molecule has 1 saturated heterocycles. The molecule has 1 aliphatic rings. The van der Waals surface area contributed by atoms with Crippen molar-refractivity contribution >= 4 is 46.0 Å². The highest BCUT2D eigenvalue weighted by atomic mass is 35.5. The number of carbonyl (C=O) groups is 2. The van der Waals surface area contributed by atoms with Crippen LogP contribution >= 0.6 is 11.6 Å². The predicted molar refractivity (Wildman–Crippen MR) is 151 cm³/mol. The number of nitrogens with zero attached hydrogens (tertiary/aromatic N) is 5. The van der Waals surface area contributed by atoms with Crippen LogP contribution in [-0.2, 0) is 23.1 Å². The molecule has 1 fully saturated rings. The maximum absolute atomic E-state index is 14.5. The first-order valence-corrected chi connectivity index (χ1v) is 13.0. The van der Waals surface area contributed by atoms with E-state index in [1.165, 1.54) is 41.0 Å². The van der Waals surface area contributed by atoms with Crippen molar-refractivity contribution in [1.82, 2.24) is 19.1 Å². The molecular weight excluding hydrogens is 557 g/mol. The number of anilines is 2. The second-order valence-corrected chi connectivity index (χ2v) is 10.4. The number of primary amides is 1. The van der Waals surface area contributed by atoms with E-state index in [1.54, 1.807) is 6.07 Å². The third-order valence-electron chi connectivity index (χ3n) is 6.75. The predicted octanol–water partition coefficient (Wildman–Crippen LogP) is 2.65. The summed E-state index contributed by atoms with van der Waals surface area (Å²) in [7, 11) is 1.49. The number of morpholine rings is 1. The Labute approximate surface area is 238 Å². The number of aromatic hydroxyl groups is 1. The first-order valence-electron chi connectivity index (χ1n) is 12.7. The van der Waals surface area contributed by atoms with Gasteiger partial charge in [0.2, 0.25) is 5.91 Å². The minimum Gasteiger partial charge on any atom is -0.504 e. The average molecular weight is 584 g/mol. The van der Waals surface area contributed by atoms with E-state index in [-0.39, 0.29) is 45.9 Å². The van der Waals surface area contributed by atoms with Gasteiger partial charge in [-0.3, -0.25) is 14.4 Å². The number of hydrogen-bond acceptors (Lipinski definition) is 8. The van der Waals surface area contributed by atoms with Gasteiger partial charge < -0.3 is 34.9 Å². The molecule has 4 N–H and O–H groups in total. The zero-order chi connectivity index (χ0) is 29.6. The Hall–Kier alpha value is -4.49. The molecule has 1 aliphatic heterocycles. The highest BCUT2D eigenvalue weighted by molar-refractivity contribution is 6.33. The van der Waals surface area contributed by atoms with Gasteiger partial charge in [0.15, 0.2) is 11.6 Å². The van der Waals surface area contributed by atoms with E-state index in [9.17, 15) is 23.9 Å². The van der Waals surface area contributed by atoms with E-state index >= 15 is 0 Å². The topological polar surface area (TPSA) is 158 Å². The van der Waals surface area contributed by atoms with Crippen LogP contribution in [0.3, 0.4) is 0 Å². The van der Waals surface area contributed by atoms with Gasteiger partial charge in [0.25, 0.3) is 11.5 Å². The summed E-state index contributed by atoms with van der Waals surface area (Å²) in [4.78, 5) is 48.8. The Morgan fingerprint density at radius 2 is 1.93 bits per heavy atom. The smallest absolute Gasteiger partial charge is 0.263 e. The number of nitrogens with one attached hydrogen (secondary N) is 1. The molecule has 4 aromatic rings. The Balaban J connectivity index is 1.49. The molecule has 41 heavy (non-hydrogen) atoms. The summed E-state index contributed by atoms with van der Waals surface area (Å²) in [6.45, 7) is 4.92. The third kappa shape index (κ3) is 5.45. The van der Waals surface area contributed by atoms with Crippen LogP contribution in [0, 0.1) is 5.82 Å². The van der Waals surface area contributed by atoms with Gasteiger partial charge in [-0.05, 0) is 31.5 Å². The lowest BCUT2D eigenvalue weighted by Gasteiger charge is -2.36. The van der Waals surface area contributed by atoms with E-state index in [0.29, 0.717) is 24.6 Å². The second-order valence-electron chi connectivity index (χ2n) is 9.98. The molecule has 0 radical (unpaired) electrons. The monoisotopic (exact) mass is 583 g/mol. The van der Waals surface area contributed by atoms with Gasteiger partial charge in [0.05, 0.1) is 46.4 Å². The molecule has 2 atom stereocenters. The van der Waals surface area contributed by atoms with Crippen LogP contribution in [0.2, 0.25) is 5.02 Å². The summed E-state index contributed by atoms with van der Waals surface area (Å²) in [5.74, 6) is -2.89. The first kappa shape index (κ1) is 28.1. The van der Waals surface area contributed by atoms with Crippen molar-refractivity contribution in [2.75, 3.05) is 23.3 Å². The Morgan fingerprint density at radius 1 is 1.22 bits per heavy atom. The zero-order valence-corrected chi connectivity index (χ0v) is 23.1. The van der Waals surface area contributed by atoms with Gasteiger partial charge in [-0.2, -0.15) is 0 Å². The normalized spacial score (nSPS) is 17.1. The van der Waals surface area contributed by atoms with Crippen LogP contribution in [0.15, 0.2) is 41.7 Å². The van der Waals surface area contributed by atoms with Crippen molar-refractivity contribution in [1.29, 1.82) is 0 Å². The van der Waals surface area contributed by atoms with Crippen molar-refractivity contribution < 1.29 is 23.8 Å². The van der Waals surface area contributed by atoms with Gasteiger partial charge >= 0.3 is 0 Å². The molecule has 0 unspecified atom stereocenters. The number of amides is 2. The molecule has 214 valence electrons. The number of pyridine rings is 1. The highest BCUT2D eigenvalue weighted by Gasteiger charge is 2.25. The van der Waals surface area contributed by atoms with E-state index < -0.39 is 34.5 Å². The van der Waals surface area contributed by atoms with Gasteiger partial charge in [-0.25, -0.2) is 14.4 Å². The van der Waals surface area contributed by atoms with Crippen LogP contribution in [-0.4, -0.2) is 61.3 Å². The number of rotatable bonds is 6. The van der Waals surface area contributed by atoms with Crippen LogP contribution in [0.4, 0.5) is 15.9 Å². The number of fused-ring (bicyclic) bond motifs is 1. The standard InChI is InChI=1S/C27H27ClFN7O5/c1-13-8-35(9-14(2)41-13)21-6-20(18(28)7-31-21)33-22(37)11-36-10-17(23-26(36)32-12-34(3)27(23)40)15-4-16(25(30)39)24(38)19(29)5-15/h4-7,10,12-14,38H,8-9,11H2,1-3H3,(H2,30,39)(H,31,33,37)/t13-,14+. The molecule has 0 bridgehead atoms. The van der Waals surface area contributed by atoms with Crippen molar-refractivity contribution in [2.45, 2.75) is 32.6 Å². The molecule has 4 heterocycles. The van der Waals surface area contributed by atoms with Crippen molar-refractivity contribution in [2.24, 2.45) is 12.8 Å². The lowest BCUT2D eigenvalue weighted by molar-refractivity contribution is -0.116. The molecule has 1 aromatic carbocycles. The Kier molecular flexibility index (Phi) is 7.41. The fourth-order valence-corrected chi connectivity index (χ4v) is 5.10. The molecule has 3 aromatic heterocycles. The summed E-state index contributed by atoms with van der Waals surface area (Å²) < 4.78 is 23.0. The number of aromatic nitrogens is 4. The van der Waals surface area contributed by atoms with E-state index in [1.807, 2.05) is 18.7 Å². The summed E-state index contributed by atoms with van der Waals surface area (Å²) in [5, 5.41) is 13.0. The lowest BCUT2D eigenvalue weighted by Crippen LogP contribution is -2.45. The van der Waals surface area contributed by atoms with E-state index in [4.69, 9.17) is 22.1 Å². The largest absolute Gasteiger partial charge is 0.504 e. The van der Waals surface area contributed by atoms with Gasteiger partial charge in [0.1, 0.15) is 18.0 Å². The molecule has 0 aliphatic carbocycles. The highest BCUT2D eigenvalue weighted by Crippen LogP contribution is 2.33. The number of phenols is 1. The first-order chi connectivity index (χ1) is 19.4. The number of ether oxygens (including phenoxy) is 1. The fourth-order valence-electron chi connectivity index (χ4n) is 4.95. The summed E-state index contributed by atoms with van der Waals surface area (Å²) in [6.07, 6.45) is 4.22. The molecule has 0 spiro atoms. The fraction of sp³-hybridized carbons (Fsp3) is 0.296. The third-order valence-corrected chi connectivity index (χ3v) is 7.05. The van der Waals surface area contributed by atoms with Gasteiger partial charge in [0, 0.05) is 38.0 Å². The Bertz CT molecular complexity index is 1740. The number of aryl methyl sites for hydroxylation is 1. The maximum atomic E-state index is 14.5. The van der Waals surface area contributed by atoms with Crippen molar-refractivity contribution in [3.05, 3.63) is 63.7 Å². The average Bonchev–Trinajstić information content (AvgIpc) is 3.26. The number of halogens is 2. The Morgan fingerprint density at radius 3 is 2.61 bits per heavy atom. The number of nitrogens with two attached hydrogens (primary N) is 1. The maximum Gasteiger partial charge on any atom is 0.263 e. The zero-order valence-electron chi connectivity index (χ0n) is 22.4. The van der Waals surface area contributed by atoms with Crippen LogP contribution in [0.25, 0.3) is 22.2 Å². The quantitative estimate of drug-likeness (QED) is 0.312. The van der Waals surface area contributed by atoms with E-state index in [0.717, 1.165) is 6.07 Å². The summed E-state index contributed by atoms with van der Waals surface area (Å²) in [5.41, 5.74) is 5.18. The minimum atomic E-state index is -1.09. The van der Waals surface area contributed by atoms with Gasteiger partial charge in [-0.15, -0.1) is 0 Å². The molecule has 5 rings (SSSR count). The molecular formula is C27H27ClFN7O5. The van der Waals surface area contributed by atoms with Crippen molar-refractivity contribution in [3.8, 4) is 16.9 Å². The van der Waals surface area contributed by atoms with Crippen molar-refractivity contribution in [3.63, 3.8) is 0 Å². The number of benzene rings is 1. The molecule has 12 nitrogen and oxygen atoms in total. The van der Waals surface area contributed by atoms with Crippen LogP contribution in [0.1, 0.15) is 24.2 Å². The number of hydrogen-bond donors (Lipinski definition) is 3. The van der Waals surface area contributed by atoms with Crippen LogP contribution < -0.4 is 21.5 Å². The SMILES string of the molecule is C[C@@H]1CN(c2cc(NC(=O)Cn3cc(-c4cc(F)c(O)c(C(N)=O)c4)c4c(=O)n(C)cnc43)c(Cl)cn2)C[C@H](C)O1.